The molecule has 352 valence electrons. The molecule has 0 unspecified atom stereocenters. The van der Waals surface area contributed by atoms with Gasteiger partial charge in [0.15, 0.2) is 15.7 Å². The lowest BCUT2D eigenvalue weighted by Gasteiger charge is -2.24. The standard InChI is InChI=1S/C42H37ClF8IN7O5S2/c1-4-65(61,62)57-40-34-27(43)8-7-23(37(34)58(56-40)17-31(46)47)24-16-28(52)29(9-10-41(2,3)66(63,64)22-5-6-22)54-35(24)30(13-19-11-20(44)14-21(45)12-19)53-32(60)18-59-38-33(36(55-59)39(48)49)25-15-26(25)42(38,50)51/h7-8,11-12,14,16,22,25-26,30-31,39H,4-6,13,15,17-18H2,1-3H3,(H,53,60)(H,56,57)/t25-,26+,30-/m0/s1. The van der Waals surface area contributed by atoms with Gasteiger partial charge in [-0.1, -0.05) is 23.6 Å². The smallest absolute Gasteiger partial charge is 0.293 e. The van der Waals surface area contributed by atoms with Crippen LogP contribution < -0.4 is 10.0 Å². The predicted molar refractivity (Wildman–Crippen MR) is 236 cm³/mol. The van der Waals surface area contributed by atoms with Gasteiger partial charge in [0.05, 0.1) is 38.7 Å². The van der Waals surface area contributed by atoms with Crippen LogP contribution in [0.3, 0.4) is 0 Å². The van der Waals surface area contributed by atoms with E-state index >= 15 is 8.78 Å². The Kier molecular flexibility index (Phi) is 12.5. The fourth-order valence-corrected chi connectivity index (χ4v) is 11.5. The third kappa shape index (κ3) is 8.98. The second-order valence-electron chi connectivity index (χ2n) is 16.8. The van der Waals surface area contributed by atoms with E-state index in [0.717, 1.165) is 16.8 Å². The highest BCUT2D eigenvalue weighted by Gasteiger charge is 2.67. The van der Waals surface area contributed by atoms with Gasteiger partial charge in [0.2, 0.25) is 15.9 Å². The van der Waals surface area contributed by atoms with Gasteiger partial charge in [-0.25, -0.2) is 48.2 Å². The predicted octanol–water partition coefficient (Wildman–Crippen LogP) is 8.81. The molecule has 8 rings (SSSR count). The van der Waals surface area contributed by atoms with Crippen molar-refractivity contribution >= 4 is 76.7 Å². The van der Waals surface area contributed by atoms with E-state index in [0.29, 0.717) is 23.6 Å². The molecule has 2 N–H and O–H groups in total. The molecule has 2 aromatic carbocycles. The Morgan fingerprint density at radius 3 is 2.30 bits per heavy atom. The maximum Gasteiger partial charge on any atom is 0.293 e. The Morgan fingerprint density at radius 1 is 1.00 bits per heavy atom. The number of alkyl halides is 6. The first kappa shape index (κ1) is 47.9. The SMILES string of the molecule is CCS(=O)(=O)Nc1nn(CC(F)F)c2c(-c3cc(I)c(C#CC(C)(C)S(=O)(=O)C4CC4)nc3[C@H](Cc3cc(F)cc(F)c3)NC(=O)Cn3nc(C(F)F)c4c3C(F)(F)[C@@H]3C[C@H]43)ccc(Cl)c12. The van der Waals surface area contributed by atoms with E-state index in [2.05, 4.69) is 32.1 Å². The molecule has 66 heavy (non-hydrogen) atoms. The number of fused-ring (bicyclic) bond motifs is 4. The number of nitrogens with one attached hydrogen (secondary N) is 2. The number of nitrogens with zero attached hydrogens (tertiary/aromatic N) is 5. The van der Waals surface area contributed by atoms with Crippen molar-refractivity contribution in [3.63, 3.8) is 0 Å². The van der Waals surface area contributed by atoms with Crippen molar-refractivity contribution in [2.24, 2.45) is 5.92 Å². The maximum atomic E-state index is 15.6. The number of anilines is 1. The second-order valence-corrected chi connectivity index (χ2v) is 23.1. The molecule has 3 atom stereocenters. The highest BCUT2D eigenvalue weighted by atomic mass is 127. The van der Waals surface area contributed by atoms with Crippen LogP contribution in [0.25, 0.3) is 22.0 Å². The summed E-state index contributed by atoms with van der Waals surface area (Å²) >= 11 is 8.47. The van der Waals surface area contributed by atoms with Gasteiger partial charge in [-0.15, -0.1) is 0 Å². The second kappa shape index (κ2) is 17.2. The molecular formula is C42H37ClF8IN7O5S2. The van der Waals surface area contributed by atoms with E-state index < -0.39 is 127 Å². The highest BCUT2D eigenvalue weighted by Crippen LogP contribution is 2.68. The van der Waals surface area contributed by atoms with Crippen LogP contribution >= 0.6 is 34.2 Å². The molecule has 0 bridgehead atoms. The molecule has 12 nitrogen and oxygen atoms in total. The van der Waals surface area contributed by atoms with Gasteiger partial charge >= 0.3 is 0 Å². The molecule has 0 saturated heterocycles. The van der Waals surface area contributed by atoms with E-state index in [1.165, 1.54) is 39.0 Å². The van der Waals surface area contributed by atoms with Gasteiger partial charge in [0, 0.05) is 32.2 Å². The van der Waals surface area contributed by atoms with Gasteiger partial charge in [-0.2, -0.15) is 19.0 Å². The summed E-state index contributed by atoms with van der Waals surface area (Å²) in [6.07, 6.45) is -5.95. The molecule has 1 amide bonds. The molecular weight excluding hydrogens is 1060 g/mol. The Morgan fingerprint density at radius 2 is 1.68 bits per heavy atom. The zero-order valence-corrected chi connectivity index (χ0v) is 39.3. The van der Waals surface area contributed by atoms with Crippen LogP contribution in [0.1, 0.15) is 92.3 Å². The lowest BCUT2D eigenvalue weighted by molar-refractivity contribution is -0.123. The van der Waals surface area contributed by atoms with Crippen LogP contribution in [0.15, 0.2) is 36.4 Å². The minimum absolute atomic E-state index is 0.00515. The number of sulfone groups is 1. The van der Waals surface area contributed by atoms with Gasteiger partial charge in [-0.3, -0.25) is 18.9 Å². The van der Waals surface area contributed by atoms with Crippen LogP contribution in [0, 0.1) is 33.0 Å². The number of benzene rings is 2. The molecule has 3 aliphatic carbocycles. The van der Waals surface area contributed by atoms with Crippen molar-refractivity contribution < 1.29 is 56.8 Å². The number of pyridine rings is 1. The average Bonchev–Trinajstić information content (AvgIpc) is 4.14. The third-order valence-electron chi connectivity index (χ3n) is 11.7. The Hall–Kier alpha value is -4.54. The van der Waals surface area contributed by atoms with E-state index in [-0.39, 0.29) is 59.6 Å². The fraction of sp³-hybridized carbons (Fsp3) is 0.429. The van der Waals surface area contributed by atoms with E-state index in [9.17, 15) is 48.0 Å². The molecule has 2 fully saturated rings. The Balaban J connectivity index is 1.34. The quantitative estimate of drug-likeness (QED) is 0.0599. The fourth-order valence-electron chi connectivity index (χ4n) is 8.33. The molecule has 0 aliphatic heterocycles. The number of carbonyl (C=O) groups is 1. The van der Waals surface area contributed by atoms with Crippen LogP contribution in [0.2, 0.25) is 5.02 Å². The van der Waals surface area contributed by atoms with Crippen molar-refractivity contribution in [2.45, 2.75) is 100 Å². The normalized spacial score (nSPS) is 18.3. The van der Waals surface area contributed by atoms with Crippen LogP contribution in [-0.4, -0.2) is 69.5 Å². The Bertz CT molecular complexity index is 3100. The summed E-state index contributed by atoms with van der Waals surface area (Å²) in [5, 5.41) is 9.65. The number of sulfonamides is 1. The molecule has 24 heteroatoms. The first-order valence-corrected chi connectivity index (χ1v) is 25.0. The maximum absolute atomic E-state index is 15.6. The molecule has 0 spiro atoms. The number of rotatable bonds is 15. The minimum atomic E-state index is -4.08. The highest BCUT2D eigenvalue weighted by molar-refractivity contribution is 14.1. The Labute approximate surface area is 391 Å². The number of hydrogen-bond acceptors (Lipinski definition) is 8. The first-order valence-electron chi connectivity index (χ1n) is 20.3. The summed E-state index contributed by atoms with van der Waals surface area (Å²) in [7, 11) is -7.85. The van der Waals surface area contributed by atoms with E-state index in [1.807, 2.05) is 22.6 Å². The van der Waals surface area contributed by atoms with Crippen molar-refractivity contribution in [1.29, 1.82) is 0 Å². The molecule has 3 aromatic heterocycles. The largest absolute Gasteiger partial charge is 0.346 e. The molecule has 0 radical (unpaired) electrons. The first-order chi connectivity index (χ1) is 30.8. The van der Waals surface area contributed by atoms with Crippen LogP contribution in [0.5, 0.6) is 0 Å². The summed E-state index contributed by atoms with van der Waals surface area (Å²) in [4.78, 5) is 19.0. The molecule has 3 aliphatic rings. The van der Waals surface area contributed by atoms with Crippen LogP contribution in [-0.2, 0) is 50.1 Å². The topological polar surface area (TPSA) is 158 Å². The molecule has 3 heterocycles. The number of amides is 1. The van der Waals surface area contributed by atoms with Crippen LogP contribution in [0.4, 0.5) is 40.9 Å². The van der Waals surface area contributed by atoms with Crippen molar-refractivity contribution in [1.82, 2.24) is 29.9 Å². The third-order valence-corrected chi connectivity index (χ3v) is 17.0. The van der Waals surface area contributed by atoms with Gasteiger partial charge in [0.25, 0.3) is 18.8 Å². The van der Waals surface area contributed by atoms with E-state index in [1.54, 1.807) is 0 Å². The number of aromatic nitrogens is 5. The lowest BCUT2D eigenvalue weighted by atomic mass is 9.93. The lowest BCUT2D eigenvalue weighted by Crippen LogP contribution is -2.35. The summed E-state index contributed by atoms with van der Waals surface area (Å²) in [6.45, 7) is 2.02. The zero-order chi connectivity index (χ0) is 48.0. The summed E-state index contributed by atoms with van der Waals surface area (Å²) in [6, 6.07) is 5.04. The van der Waals surface area contributed by atoms with E-state index in [4.69, 9.17) is 16.6 Å². The molecule has 5 aromatic rings. The van der Waals surface area contributed by atoms with Gasteiger partial charge < -0.3 is 5.32 Å². The van der Waals surface area contributed by atoms with Crippen molar-refractivity contribution in [3.8, 4) is 23.0 Å². The minimum Gasteiger partial charge on any atom is -0.346 e. The monoisotopic (exact) mass is 1100 g/mol. The van der Waals surface area contributed by atoms with Crippen molar-refractivity contribution in [2.75, 3.05) is 10.5 Å². The average molecular weight is 1100 g/mol. The van der Waals surface area contributed by atoms with Crippen molar-refractivity contribution in [3.05, 3.63) is 90.5 Å². The summed E-state index contributed by atoms with van der Waals surface area (Å²) in [5.74, 6) is -4.14. The summed E-state index contributed by atoms with van der Waals surface area (Å²) < 4.78 is 172. The summed E-state index contributed by atoms with van der Waals surface area (Å²) in [5.41, 5.74) is -2.55. The number of halogens is 10. The zero-order valence-electron chi connectivity index (χ0n) is 34.8. The molecule has 2 saturated carbocycles. The van der Waals surface area contributed by atoms with Gasteiger partial charge in [-0.05, 0) is 111 Å². The number of hydrogen-bond donors (Lipinski definition) is 2. The van der Waals surface area contributed by atoms with Gasteiger partial charge in [0.1, 0.15) is 46.6 Å². The number of carbonyl (C=O) groups excluding carboxylic acids is 1.